The Hall–Kier alpha value is -1.71. The number of hydrogen-bond acceptors (Lipinski definition) is 3. The topological polar surface area (TPSA) is 55.6 Å². The molecule has 0 radical (unpaired) electrons. The molecule has 2 fully saturated rings. The van der Waals surface area contributed by atoms with Crippen molar-refractivity contribution < 1.29 is 9.53 Å². The number of anilines is 1. The first-order valence-electron chi connectivity index (χ1n) is 7.56. The summed E-state index contributed by atoms with van der Waals surface area (Å²) >= 11 is 0. The van der Waals surface area contributed by atoms with Gasteiger partial charge in [0.1, 0.15) is 5.60 Å². The predicted molar refractivity (Wildman–Crippen MR) is 83.0 cm³/mol. The number of carbonyl (C=O) groups is 1. The molecular formula is C17H24N2O2. The summed E-state index contributed by atoms with van der Waals surface area (Å²) in [6.07, 6.45) is -0.190. The van der Waals surface area contributed by atoms with Gasteiger partial charge < -0.3 is 15.4 Å². The third-order valence-electron chi connectivity index (χ3n) is 4.91. The average molecular weight is 288 g/mol. The van der Waals surface area contributed by atoms with Crippen LogP contribution in [0.15, 0.2) is 24.3 Å². The van der Waals surface area contributed by atoms with Crippen LogP contribution in [0, 0.1) is 11.8 Å². The van der Waals surface area contributed by atoms with Crippen molar-refractivity contribution in [1.29, 1.82) is 0 Å². The van der Waals surface area contributed by atoms with Crippen molar-refractivity contribution in [2.24, 2.45) is 11.8 Å². The van der Waals surface area contributed by atoms with Crippen molar-refractivity contribution in [3.8, 4) is 0 Å². The number of piperidine rings is 1. The second-order valence-electron chi connectivity index (χ2n) is 7.51. The van der Waals surface area contributed by atoms with Gasteiger partial charge in [-0.1, -0.05) is 19.1 Å². The Morgan fingerprint density at radius 2 is 1.95 bits per heavy atom. The van der Waals surface area contributed by atoms with Gasteiger partial charge in [-0.15, -0.1) is 0 Å². The summed E-state index contributed by atoms with van der Waals surface area (Å²) in [5.74, 6) is 1.04. The first-order valence-corrected chi connectivity index (χ1v) is 7.56. The number of amides is 1. The Bertz CT molecular complexity index is 564. The molecule has 1 aromatic rings. The molecule has 1 aliphatic carbocycles. The number of nitrogens with two attached hydrogens (primary N) is 1. The third kappa shape index (κ3) is 2.37. The summed E-state index contributed by atoms with van der Waals surface area (Å²) in [5, 5.41) is 0. The molecule has 1 amide bonds. The summed E-state index contributed by atoms with van der Waals surface area (Å²) < 4.78 is 5.45. The Balaban J connectivity index is 1.67. The zero-order valence-electron chi connectivity index (χ0n) is 13.2. The lowest BCUT2D eigenvalue weighted by molar-refractivity contribution is 0.0263. The molecule has 4 heteroatoms. The molecule has 1 heterocycles. The summed E-state index contributed by atoms with van der Waals surface area (Å²) in [7, 11) is 0. The van der Waals surface area contributed by atoms with E-state index in [4.69, 9.17) is 10.5 Å². The minimum absolute atomic E-state index is 0.161. The van der Waals surface area contributed by atoms with E-state index in [-0.39, 0.29) is 11.5 Å². The molecule has 114 valence electrons. The molecule has 0 spiro atoms. The molecule has 3 atom stereocenters. The molecule has 1 saturated carbocycles. The van der Waals surface area contributed by atoms with Crippen molar-refractivity contribution in [2.75, 3.05) is 18.8 Å². The van der Waals surface area contributed by atoms with Crippen LogP contribution >= 0.6 is 0 Å². The van der Waals surface area contributed by atoms with Gasteiger partial charge in [-0.25, -0.2) is 4.79 Å². The molecule has 2 aliphatic rings. The predicted octanol–water partition coefficient (Wildman–Crippen LogP) is 3.02. The summed E-state index contributed by atoms with van der Waals surface area (Å²) in [5.41, 5.74) is 7.73. The van der Waals surface area contributed by atoms with Gasteiger partial charge in [0, 0.05) is 24.2 Å². The lowest BCUT2D eigenvalue weighted by Gasteiger charge is -2.28. The van der Waals surface area contributed by atoms with Gasteiger partial charge in [-0.2, -0.15) is 0 Å². The summed E-state index contributed by atoms with van der Waals surface area (Å²) in [4.78, 5) is 14.0. The smallest absolute Gasteiger partial charge is 0.410 e. The van der Waals surface area contributed by atoms with Gasteiger partial charge in [0.2, 0.25) is 0 Å². The first kappa shape index (κ1) is 14.2. The van der Waals surface area contributed by atoms with Gasteiger partial charge in [-0.05, 0) is 50.3 Å². The van der Waals surface area contributed by atoms with Gasteiger partial charge in [0.05, 0.1) is 0 Å². The Labute approximate surface area is 126 Å². The van der Waals surface area contributed by atoms with Gasteiger partial charge in [0.25, 0.3) is 0 Å². The number of benzene rings is 1. The van der Waals surface area contributed by atoms with Gasteiger partial charge >= 0.3 is 6.09 Å². The quantitative estimate of drug-likeness (QED) is 0.808. The second-order valence-corrected chi connectivity index (χ2v) is 7.51. The maximum Gasteiger partial charge on any atom is 0.410 e. The fourth-order valence-corrected chi connectivity index (χ4v) is 3.66. The van der Waals surface area contributed by atoms with Crippen molar-refractivity contribution in [3.63, 3.8) is 0 Å². The zero-order chi connectivity index (χ0) is 15.4. The van der Waals surface area contributed by atoms with Crippen LogP contribution in [0.25, 0.3) is 0 Å². The van der Waals surface area contributed by atoms with Crippen LogP contribution in [0.2, 0.25) is 0 Å². The third-order valence-corrected chi connectivity index (χ3v) is 4.91. The molecular weight excluding hydrogens is 264 g/mol. The standard InChI is InChI=1S/C17H24N2O2/c1-16(2,3)21-15(20)19-9-13-14(10-19)17(13,4)11-6-5-7-12(18)8-11/h5-8,13-14H,9-10,18H2,1-4H3/t13-,14+,17?. The SMILES string of the molecule is CC(C)(C)OC(=O)N1C[C@@H]2[C@H](C1)C2(C)c1cccc(N)c1. The fourth-order valence-electron chi connectivity index (χ4n) is 3.66. The molecule has 4 nitrogen and oxygen atoms in total. The average Bonchev–Trinajstić information content (AvgIpc) is 2.74. The molecule has 3 rings (SSSR count). The second kappa shape index (κ2) is 4.39. The largest absolute Gasteiger partial charge is 0.444 e. The molecule has 21 heavy (non-hydrogen) atoms. The highest BCUT2D eigenvalue weighted by Gasteiger charge is 2.66. The maximum absolute atomic E-state index is 12.1. The van der Waals surface area contributed by atoms with E-state index < -0.39 is 5.60 Å². The molecule has 1 aliphatic heterocycles. The van der Waals surface area contributed by atoms with Crippen LogP contribution in [0.5, 0.6) is 0 Å². The minimum atomic E-state index is -0.430. The van der Waals surface area contributed by atoms with Crippen molar-refractivity contribution in [3.05, 3.63) is 29.8 Å². The van der Waals surface area contributed by atoms with E-state index >= 15 is 0 Å². The zero-order valence-corrected chi connectivity index (χ0v) is 13.2. The van der Waals surface area contributed by atoms with Gasteiger partial charge in [0.15, 0.2) is 0 Å². The Morgan fingerprint density at radius 1 is 1.33 bits per heavy atom. The Kier molecular flexibility index (Phi) is 2.98. The molecule has 2 N–H and O–H groups in total. The molecule has 1 aromatic carbocycles. The normalized spacial score (nSPS) is 31.0. The van der Waals surface area contributed by atoms with E-state index in [9.17, 15) is 4.79 Å². The van der Waals surface area contributed by atoms with E-state index in [1.54, 1.807) is 0 Å². The number of ether oxygens (including phenoxy) is 1. The van der Waals surface area contributed by atoms with E-state index in [2.05, 4.69) is 19.1 Å². The number of nitrogens with zero attached hydrogens (tertiary/aromatic N) is 1. The van der Waals surface area contributed by atoms with Crippen LogP contribution in [-0.4, -0.2) is 29.7 Å². The van der Waals surface area contributed by atoms with E-state index in [1.807, 2.05) is 37.8 Å². The molecule has 0 bridgehead atoms. The monoisotopic (exact) mass is 288 g/mol. The maximum atomic E-state index is 12.1. The van der Waals surface area contributed by atoms with Crippen molar-refractivity contribution in [2.45, 2.75) is 38.7 Å². The van der Waals surface area contributed by atoms with Gasteiger partial charge in [-0.3, -0.25) is 0 Å². The first-order chi connectivity index (χ1) is 9.72. The number of fused-ring (bicyclic) bond motifs is 1. The minimum Gasteiger partial charge on any atom is -0.444 e. The summed E-state index contributed by atoms with van der Waals surface area (Å²) in [6.45, 7) is 9.55. The van der Waals surface area contributed by atoms with Crippen LogP contribution in [0.4, 0.5) is 10.5 Å². The fraction of sp³-hybridized carbons (Fsp3) is 0.588. The lowest BCUT2D eigenvalue weighted by atomic mass is 9.92. The number of hydrogen-bond donors (Lipinski definition) is 1. The summed E-state index contributed by atoms with van der Waals surface area (Å²) in [6, 6.07) is 8.14. The highest BCUT2D eigenvalue weighted by Crippen LogP contribution is 2.63. The van der Waals surface area contributed by atoms with E-state index in [0.29, 0.717) is 11.8 Å². The van der Waals surface area contributed by atoms with E-state index in [0.717, 1.165) is 18.8 Å². The van der Waals surface area contributed by atoms with E-state index in [1.165, 1.54) is 5.56 Å². The number of likely N-dealkylation sites (tertiary alicyclic amines) is 1. The molecule has 0 aromatic heterocycles. The van der Waals surface area contributed by atoms with Crippen LogP contribution in [0.1, 0.15) is 33.3 Å². The lowest BCUT2D eigenvalue weighted by Crippen LogP contribution is -2.38. The van der Waals surface area contributed by atoms with Crippen molar-refractivity contribution in [1.82, 2.24) is 4.90 Å². The Morgan fingerprint density at radius 3 is 2.48 bits per heavy atom. The number of carbonyl (C=O) groups excluding carboxylic acids is 1. The van der Waals surface area contributed by atoms with Crippen molar-refractivity contribution >= 4 is 11.8 Å². The highest BCUT2D eigenvalue weighted by atomic mass is 16.6. The number of rotatable bonds is 1. The van der Waals surface area contributed by atoms with Crippen LogP contribution < -0.4 is 5.73 Å². The number of nitrogen functional groups attached to an aromatic ring is 1. The molecule has 1 unspecified atom stereocenters. The molecule has 1 saturated heterocycles. The highest BCUT2D eigenvalue weighted by molar-refractivity contribution is 5.69. The van der Waals surface area contributed by atoms with Crippen LogP contribution in [-0.2, 0) is 10.2 Å². The van der Waals surface area contributed by atoms with Crippen LogP contribution in [0.3, 0.4) is 0 Å².